The van der Waals surface area contributed by atoms with E-state index >= 15 is 0 Å². The average Bonchev–Trinajstić information content (AvgIpc) is 3.18. The molecule has 2 aliphatic carbocycles. The summed E-state index contributed by atoms with van der Waals surface area (Å²) in [5.74, 6) is -0.136. The fourth-order valence-corrected chi connectivity index (χ4v) is 4.11. The number of nitrogens with zero attached hydrogens (tertiary/aromatic N) is 1. The number of hydrogen-bond acceptors (Lipinski definition) is 3. The van der Waals surface area contributed by atoms with E-state index in [0.29, 0.717) is 23.0 Å². The third-order valence-corrected chi connectivity index (χ3v) is 5.35. The van der Waals surface area contributed by atoms with Crippen LogP contribution in [0.25, 0.3) is 0 Å². The lowest BCUT2D eigenvalue weighted by molar-refractivity contribution is -0.122. The standard InChI is InChI=1S/C17H15BrN2O3/c18-11-3-4-12-13(7-11)17(23)20(16(12)22)8-15(21)19-14-6-9-1-2-10(14)5-9/h1-4,7,9-10,14H,5-6,8H2,(H,19,21). The van der Waals surface area contributed by atoms with Crippen molar-refractivity contribution < 1.29 is 14.4 Å². The number of rotatable bonds is 3. The van der Waals surface area contributed by atoms with E-state index in [-0.39, 0.29) is 18.5 Å². The molecule has 1 heterocycles. The van der Waals surface area contributed by atoms with E-state index < -0.39 is 11.8 Å². The minimum atomic E-state index is -0.408. The first-order valence-corrected chi connectivity index (χ1v) is 8.45. The molecule has 118 valence electrons. The Morgan fingerprint density at radius 1 is 1.17 bits per heavy atom. The van der Waals surface area contributed by atoms with Crippen LogP contribution in [0.4, 0.5) is 0 Å². The van der Waals surface area contributed by atoms with Crippen molar-refractivity contribution in [1.82, 2.24) is 10.2 Å². The third-order valence-electron chi connectivity index (χ3n) is 4.86. The zero-order chi connectivity index (χ0) is 16.1. The SMILES string of the molecule is O=C(CN1C(=O)c2ccc(Br)cc2C1=O)NC1CC2C=CC1C2. The maximum absolute atomic E-state index is 12.4. The van der Waals surface area contributed by atoms with Gasteiger partial charge in [-0.15, -0.1) is 0 Å². The van der Waals surface area contributed by atoms with Gasteiger partial charge in [-0.1, -0.05) is 28.1 Å². The molecule has 6 heteroatoms. The lowest BCUT2D eigenvalue weighted by Crippen LogP contribution is -2.45. The first-order valence-electron chi connectivity index (χ1n) is 7.66. The summed E-state index contributed by atoms with van der Waals surface area (Å²) in [6.45, 7) is -0.221. The van der Waals surface area contributed by atoms with E-state index in [9.17, 15) is 14.4 Å². The quantitative estimate of drug-likeness (QED) is 0.650. The first kappa shape index (κ1) is 14.6. The van der Waals surface area contributed by atoms with Crippen LogP contribution in [0.3, 0.4) is 0 Å². The van der Waals surface area contributed by atoms with Crippen LogP contribution < -0.4 is 5.32 Å². The van der Waals surface area contributed by atoms with E-state index in [2.05, 4.69) is 33.4 Å². The Labute approximate surface area is 141 Å². The molecular weight excluding hydrogens is 360 g/mol. The molecule has 3 aliphatic rings. The van der Waals surface area contributed by atoms with Gasteiger partial charge in [-0.2, -0.15) is 0 Å². The van der Waals surface area contributed by atoms with Gasteiger partial charge in [-0.05, 0) is 42.9 Å². The molecule has 2 bridgehead atoms. The molecule has 1 N–H and O–H groups in total. The first-order chi connectivity index (χ1) is 11.0. The Morgan fingerprint density at radius 2 is 1.96 bits per heavy atom. The fraction of sp³-hybridized carbons (Fsp3) is 0.353. The second-order valence-electron chi connectivity index (χ2n) is 6.34. The van der Waals surface area contributed by atoms with Crippen molar-refractivity contribution >= 4 is 33.7 Å². The Bertz CT molecular complexity index is 758. The van der Waals surface area contributed by atoms with Crippen LogP contribution >= 0.6 is 15.9 Å². The van der Waals surface area contributed by atoms with Crippen LogP contribution in [-0.2, 0) is 4.79 Å². The lowest BCUT2D eigenvalue weighted by Gasteiger charge is -2.21. The highest BCUT2D eigenvalue weighted by Crippen LogP contribution is 2.39. The molecule has 1 aromatic rings. The molecule has 23 heavy (non-hydrogen) atoms. The summed E-state index contributed by atoms with van der Waals surface area (Å²) in [5.41, 5.74) is 0.703. The van der Waals surface area contributed by atoms with E-state index in [1.165, 1.54) is 0 Å². The smallest absolute Gasteiger partial charge is 0.262 e. The molecule has 1 aliphatic heterocycles. The molecule has 3 atom stereocenters. The largest absolute Gasteiger partial charge is 0.351 e. The molecule has 4 rings (SSSR count). The number of allylic oxidation sites excluding steroid dienone is 1. The number of benzene rings is 1. The van der Waals surface area contributed by atoms with Crippen LogP contribution in [0.15, 0.2) is 34.8 Å². The molecular formula is C17H15BrN2O3. The van der Waals surface area contributed by atoms with Crippen LogP contribution in [-0.4, -0.2) is 35.2 Å². The van der Waals surface area contributed by atoms with Gasteiger partial charge in [-0.3, -0.25) is 19.3 Å². The lowest BCUT2D eigenvalue weighted by atomic mass is 10.0. The Balaban J connectivity index is 1.45. The zero-order valence-electron chi connectivity index (χ0n) is 12.3. The molecule has 0 spiro atoms. The van der Waals surface area contributed by atoms with E-state index in [1.807, 2.05) is 0 Å². The van der Waals surface area contributed by atoms with Gasteiger partial charge in [-0.25, -0.2) is 0 Å². The van der Waals surface area contributed by atoms with Crippen molar-refractivity contribution in [3.8, 4) is 0 Å². The Morgan fingerprint density at radius 3 is 2.65 bits per heavy atom. The molecule has 1 aromatic carbocycles. The number of fused-ring (bicyclic) bond motifs is 3. The van der Waals surface area contributed by atoms with E-state index in [1.54, 1.807) is 18.2 Å². The summed E-state index contributed by atoms with van der Waals surface area (Å²) in [7, 11) is 0. The minimum Gasteiger partial charge on any atom is -0.351 e. The molecule has 1 fully saturated rings. The third kappa shape index (κ3) is 2.41. The van der Waals surface area contributed by atoms with Crippen molar-refractivity contribution in [2.45, 2.75) is 18.9 Å². The number of hydrogen-bond donors (Lipinski definition) is 1. The van der Waals surface area contributed by atoms with Gasteiger partial charge >= 0.3 is 0 Å². The van der Waals surface area contributed by atoms with Gasteiger partial charge in [0.25, 0.3) is 11.8 Å². The van der Waals surface area contributed by atoms with Crippen molar-refractivity contribution in [2.24, 2.45) is 11.8 Å². The summed E-state index contributed by atoms with van der Waals surface area (Å²) < 4.78 is 0.734. The summed E-state index contributed by atoms with van der Waals surface area (Å²) in [6, 6.07) is 5.07. The topological polar surface area (TPSA) is 66.5 Å². The molecule has 5 nitrogen and oxygen atoms in total. The summed E-state index contributed by atoms with van der Waals surface area (Å²) in [5, 5.41) is 2.97. The Hall–Kier alpha value is -1.95. The van der Waals surface area contributed by atoms with Gasteiger partial charge in [0.15, 0.2) is 0 Å². The highest BCUT2D eigenvalue weighted by Gasteiger charge is 2.39. The number of halogens is 1. The summed E-state index contributed by atoms with van der Waals surface area (Å²) in [6.07, 6.45) is 6.39. The number of carbonyl (C=O) groups excluding carboxylic acids is 3. The van der Waals surface area contributed by atoms with Gasteiger partial charge in [0.1, 0.15) is 6.54 Å². The number of carbonyl (C=O) groups is 3. The maximum atomic E-state index is 12.4. The molecule has 0 aromatic heterocycles. The monoisotopic (exact) mass is 374 g/mol. The highest BCUT2D eigenvalue weighted by atomic mass is 79.9. The van der Waals surface area contributed by atoms with Crippen LogP contribution in [0.5, 0.6) is 0 Å². The van der Waals surface area contributed by atoms with Crippen molar-refractivity contribution in [2.75, 3.05) is 6.54 Å². The predicted octanol–water partition coefficient (Wildman–Crippen LogP) is 2.13. The summed E-state index contributed by atoms with van der Waals surface area (Å²) in [4.78, 5) is 37.9. The molecule has 3 unspecified atom stereocenters. The highest BCUT2D eigenvalue weighted by molar-refractivity contribution is 9.10. The number of imide groups is 1. The summed E-state index contributed by atoms with van der Waals surface area (Å²) >= 11 is 3.29. The van der Waals surface area contributed by atoms with Crippen LogP contribution in [0.2, 0.25) is 0 Å². The second-order valence-corrected chi connectivity index (χ2v) is 7.26. The number of amides is 3. The normalized spacial score (nSPS) is 27.7. The van der Waals surface area contributed by atoms with Gasteiger partial charge in [0.2, 0.25) is 5.91 Å². The molecule has 3 amide bonds. The predicted molar refractivity (Wildman–Crippen MR) is 86.8 cm³/mol. The van der Waals surface area contributed by atoms with Gasteiger partial charge in [0.05, 0.1) is 11.1 Å². The Kier molecular flexibility index (Phi) is 3.37. The molecule has 1 saturated carbocycles. The van der Waals surface area contributed by atoms with E-state index in [4.69, 9.17) is 0 Å². The van der Waals surface area contributed by atoms with E-state index in [0.717, 1.165) is 22.2 Å². The zero-order valence-corrected chi connectivity index (χ0v) is 13.9. The second kappa shape index (κ2) is 5.30. The van der Waals surface area contributed by atoms with Gasteiger partial charge in [0, 0.05) is 10.5 Å². The van der Waals surface area contributed by atoms with Gasteiger partial charge < -0.3 is 5.32 Å². The van der Waals surface area contributed by atoms with Crippen molar-refractivity contribution in [3.05, 3.63) is 46.0 Å². The fourth-order valence-electron chi connectivity index (χ4n) is 3.75. The van der Waals surface area contributed by atoms with Crippen molar-refractivity contribution in [3.63, 3.8) is 0 Å². The number of nitrogens with one attached hydrogen (secondary N) is 1. The molecule has 0 radical (unpaired) electrons. The maximum Gasteiger partial charge on any atom is 0.262 e. The van der Waals surface area contributed by atoms with Crippen LogP contribution in [0.1, 0.15) is 33.6 Å². The minimum absolute atomic E-state index is 0.127. The molecule has 0 saturated heterocycles. The van der Waals surface area contributed by atoms with Crippen molar-refractivity contribution in [1.29, 1.82) is 0 Å². The average molecular weight is 375 g/mol. The van der Waals surface area contributed by atoms with Crippen LogP contribution in [0, 0.1) is 11.8 Å².